The fraction of sp³-hybridized carbons (Fsp3) is 0.0333. The van der Waals surface area contributed by atoms with Crippen LogP contribution >= 0.6 is 0 Å². The molecule has 0 saturated heterocycles. The Bertz CT molecular complexity index is 1770. The Hall–Kier alpha value is -5.37. The van der Waals surface area contributed by atoms with Gasteiger partial charge in [-0.2, -0.15) is 9.61 Å². The number of carbonyl (C=O) groups is 1. The summed E-state index contributed by atoms with van der Waals surface area (Å²) < 4.78 is 7.75. The van der Waals surface area contributed by atoms with Gasteiger partial charge in [0.15, 0.2) is 11.5 Å². The molecule has 1 amide bonds. The Morgan fingerprint density at radius 1 is 0.789 bits per heavy atom. The van der Waals surface area contributed by atoms with Gasteiger partial charge in [-0.3, -0.25) is 9.78 Å². The van der Waals surface area contributed by atoms with Crippen LogP contribution < -0.4 is 10.1 Å². The average molecular weight is 497 g/mol. The minimum atomic E-state index is -0.492. The van der Waals surface area contributed by atoms with Gasteiger partial charge in [0.2, 0.25) is 5.91 Å². The molecule has 0 fully saturated rings. The third-order valence-corrected chi connectivity index (χ3v) is 6.55. The molecule has 8 heteroatoms. The van der Waals surface area contributed by atoms with Crippen molar-refractivity contribution in [3.8, 4) is 34.1 Å². The number of hydrogen-bond acceptors (Lipinski definition) is 6. The molecule has 4 heterocycles. The van der Waals surface area contributed by atoms with E-state index in [2.05, 4.69) is 20.5 Å². The zero-order chi connectivity index (χ0) is 25.5. The second-order valence-electron chi connectivity index (χ2n) is 8.93. The molecule has 3 aromatic heterocycles. The molecule has 3 aromatic carbocycles. The Morgan fingerprint density at radius 3 is 2.32 bits per heavy atom. The summed E-state index contributed by atoms with van der Waals surface area (Å²) in [4.78, 5) is 17.9. The number of nitrogens with one attached hydrogen (secondary N) is 1. The first-order valence-corrected chi connectivity index (χ1v) is 12.1. The number of anilines is 1. The highest BCUT2D eigenvalue weighted by molar-refractivity contribution is 6.00. The highest BCUT2D eigenvalue weighted by Crippen LogP contribution is 2.44. The van der Waals surface area contributed by atoms with Gasteiger partial charge in [0, 0.05) is 40.3 Å². The quantitative estimate of drug-likeness (QED) is 0.335. The lowest BCUT2D eigenvalue weighted by Gasteiger charge is -2.27. The van der Waals surface area contributed by atoms with Gasteiger partial charge in [0.1, 0.15) is 11.5 Å². The third-order valence-electron chi connectivity index (χ3n) is 6.55. The van der Waals surface area contributed by atoms with E-state index in [1.54, 1.807) is 16.9 Å². The number of benzene rings is 3. The van der Waals surface area contributed by atoms with Crippen LogP contribution in [0.3, 0.4) is 0 Å². The molecule has 1 N–H and O–H groups in total. The van der Waals surface area contributed by atoms with Crippen molar-refractivity contribution in [2.24, 2.45) is 0 Å². The summed E-state index contributed by atoms with van der Waals surface area (Å²) in [7, 11) is 0. The lowest BCUT2D eigenvalue weighted by atomic mass is 9.87. The maximum absolute atomic E-state index is 13.7. The molecule has 8 nitrogen and oxygen atoms in total. The molecule has 0 atom stereocenters. The summed E-state index contributed by atoms with van der Waals surface area (Å²) in [6.45, 7) is 0. The first kappa shape index (κ1) is 21.9. The van der Waals surface area contributed by atoms with E-state index in [0.29, 0.717) is 28.7 Å². The number of aromatic nitrogens is 5. The standard InChI is InChI=1S/C30H20N6O2/c37-30(28-22-10-1-3-12-25(22)38-26-13-4-2-11-23(26)28)32-21-9-5-7-19(17-21)24-14-15-27-33-34-29(36(27)35-24)20-8-6-16-31-18-20/h1-18,28H,(H,32,37). The number of carbonyl (C=O) groups excluding carboxylic acids is 1. The van der Waals surface area contributed by atoms with Crippen molar-refractivity contribution >= 4 is 17.2 Å². The summed E-state index contributed by atoms with van der Waals surface area (Å²) in [5.41, 5.74) is 5.37. The molecule has 0 bridgehead atoms. The minimum absolute atomic E-state index is 0.133. The monoisotopic (exact) mass is 496 g/mol. The van der Waals surface area contributed by atoms with Gasteiger partial charge in [-0.1, -0.05) is 48.5 Å². The lowest BCUT2D eigenvalue weighted by Crippen LogP contribution is -2.25. The first-order valence-electron chi connectivity index (χ1n) is 12.1. The van der Waals surface area contributed by atoms with E-state index in [4.69, 9.17) is 9.84 Å². The number of fused-ring (bicyclic) bond motifs is 3. The zero-order valence-electron chi connectivity index (χ0n) is 20.0. The van der Waals surface area contributed by atoms with Crippen molar-refractivity contribution in [3.05, 3.63) is 121 Å². The topological polar surface area (TPSA) is 94.3 Å². The van der Waals surface area contributed by atoms with E-state index in [-0.39, 0.29) is 5.91 Å². The number of rotatable bonds is 4. The third kappa shape index (κ3) is 3.75. The predicted molar refractivity (Wildman–Crippen MR) is 143 cm³/mol. The van der Waals surface area contributed by atoms with Gasteiger partial charge < -0.3 is 10.1 Å². The van der Waals surface area contributed by atoms with Crippen molar-refractivity contribution in [2.75, 3.05) is 5.32 Å². The Kier molecular flexibility index (Phi) is 5.14. The van der Waals surface area contributed by atoms with Crippen molar-refractivity contribution in [2.45, 2.75) is 5.92 Å². The Morgan fingerprint density at radius 2 is 1.55 bits per heavy atom. The molecule has 6 aromatic rings. The molecule has 0 unspecified atom stereocenters. The van der Waals surface area contributed by atoms with Crippen molar-refractivity contribution in [1.29, 1.82) is 0 Å². The fourth-order valence-corrected chi connectivity index (χ4v) is 4.78. The minimum Gasteiger partial charge on any atom is -0.457 e. The first-order chi connectivity index (χ1) is 18.7. The molecular formula is C30H20N6O2. The number of hydrogen-bond donors (Lipinski definition) is 1. The van der Waals surface area contributed by atoms with Crippen LogP contribution in [0.25, 0.3) is 28.3 Å². The second kappa shape index (κ2) is 8.94. The van der Waals surface area contributed by atoms with Crippen molar-refractivity contribution in [1.82, 2.24) is 24.8 Å². The summed E-state index contributed by atoms with van der Waals surface area (Å²) in [5, 5.41) is 16.4. The number of ether oxygens (including phenoxy) is 1. The van der Waals surface area contributed by atoms with Crippen molar-refractivity contribution in [3.63, 3.8) is 0 Å². The largest absolute Gasteiger partial charge is 0.457 e. The van der Waals surface area contributed by atoms with Gasteiger partial charge in [-0.05, 0) is 48.5 Å². The highest BCUT2D eigenvalue weighted by Gasteiger charge is 2.32. The Balaban J connectivity index is 1.22. The normalized spacial score (nSPS) is 12.4. The molecule has 0 spiro atoms. The van der Waals surface area contributed by atoms with Crippen LogP contribution in [0, 0.1) is 0 Å². The van der Waals surface area contributed by atoms with Crippen LogP contribution in [-0.4, -0.2) is 30.7 Å². The van der Waals surface area contributed by atoms with Crippen LogP contribution in [0.5, 0.6) is 11.5 Å². The fourth-order valence-electron chi connectivity index (χ4n) is 4.78. The molecule has 1 aliphatic rings. The van der Waals surface area contributed by atoms with E-state index in [1.165, 1.54) is 0 Å². The maximum atomic E-state index is 13.7. The van der Waals surface area contributed by atoms with E-state index in [1.807, 2.05) is 97.1 Å². The van der Waals surface area contributed by atoms with Crippen molar-refractivity contribution < 1.29 is 9.53 Å². The van der Waals surface area contributed by atoms with Gasteiger partial charge in [-0.15, -0.1) is 10.2 Å². The van der Waals surface area contributed by atoms with E-state index < -0.39 is 5.92 Å². The molecule has 0 radical (unpaired) electrons. The predicted octanol–water partition coefficient (Wildman–Crippen LogP) is 5.73. The molecule has 182 valence electrons. The molecule has 38 heavy (non-hydrogen) atoms. The van der Waals surface area contributed by atoms with Crippen LogP contribution in [0.2, 0.25) is 0 Å². The van der Waals surface area contributed by atoms with E-state index in [0.717, 1.165) is 27.9 Å². The summed E-state index contributed by atoms with van der Waals surface area (Å²) in [6.07, 6.45) is 3.44. The zero-order valence-corrected chi connectivity index (χ0v) is 20.0. The van der Waals surface area contributed by atoms with Gasteiger partial charge in [0.05, 0.1) is 11.6 Å². The summed E-state index contributed by atoms with van der Waals surface area (Å²) >= 11 is 0. The van der Waals surface area contributed by atoms with Crippen LogP contribution in [0.1, 0.15) is 17.0 Å². The van der Waals surface area contributed by atoms with Gasteiger partial charge in [-0.25, -0.2) is 0 Å². The molecule has 7 rings (SSSR count). The van der Waals surface area contributed by atoms with Crippen LogP contribution in [0.15, 0.2) is 109 Å². The molecule has 0 saturated carbocycles. The maximum Gasteiger partial charge on any atom is 0.236 e. The van der Waals surface area contributed by atoms with E-state index >= 15 is 0 Å². The van der Waals surface area contributed by atoms with Crippen LogP contribution in [-0.2, 0) is 4.79 Å². The number of amides is 1. The number of nitrogens with zero attached hydrogens (tertiary/aromatic N) is 5. The highest BCUT2D eigenvalue weighted by atomic mass is 16.5. The second-order valence-corrected chi connectivity index (χ2v) is 8.93. The molecule has 1 aliphatic heterocycles. The summed E-state index contributed by atoms with van der Waals surface area (Å²) in [5.74, 6) is 1.36. The van der Waals surface area contributed by atoms with Gasteiger partial charge >= 0.3 is 0 Å². The SMILES string of the molecule is O=C(Nc1cccc(-c2ccc3nnc(-c4cccnc4)n3n2)c1)C1c2ccccc2Oc2ccccc21. The van der Waals surface area contributed by atoms with Crippen LogP contribution in [0.4, 0.5) is 5.69 Å². The summed E-state index contributed by atoms with van der Waals surface area (Å²) in [6, 6.07) is 30.5. The van der Waals surface area contributed by atoms with E-state index in [9.17, 15) is 4.79 Å². The van der Waals surface area contributed by atoms with Gasteiger partial charge in [0.25, 0.3) is 0 Å². The average Bonchev–Trinajstić information content (AvgIpc) is 3.40. The number of para-hydroxylation sites is 2. The molecular weight excluding hydrogens is 476 g/mol. The smallest absolute Gasteiger partial charge is 0.236 e. The Labute approximate surface area is 217 Å². The lowest BCUT2D eigenvalue weighted by molar-refractivity contribution is -0.116. The molecule has 0 aliphatic carbocycles. The number of pyridine rings is 1.